The monoisotopic (exact) mass is 429 g/mol. The molecule has 32 heavy (non-hydrogen) atoms. The van der Waals surface area contributed by atoms with Crippen molar-refractivity contribution < 1.29 is 4.74 Å². The van der Waals surface area contributed by atoms with Gasteiger partial charge in [0.05, 0.1) is 12.9 Å². The summed E-state index contributed by atoms with van der Waals surface area (Å²) in [6.07, 6.45) is 11.5. The Bertz CT molecular complexity index is 1140. The van der Waals surface area contributed by atoms with Crippen LogP contribution in [0.5, 0.6) is 5.75 Å². The molecule has 3 heterocycles. The number of aromatic nitrogens is 5. The van der Waals surface area contributed by atoms with Gasteiger partial charge in [-0.3, -0.25) is 4.98 Å². The predicted octanol–water partition coefficient (Wildman–Crippen LogP) is 4.96. The Balaban J connectivity index is 1.39. The third kappa shape index (κ3) is 4.64. The van der Waals surface area contributed by atoms with Gasteiger partial charge in [0.15, 0.2) is 17.0 Å². The predicted molar refractivity (Wildman–Crippen MR) is 125 cm³/mol. The van der Waals surface area contributed by atoms with Gasteiger partial charge in [0.1, 0.15) is 12.4 Å². The van der Waals surface area contributed by atoms with Crippen LogP contribution < -0.4 is 15.4 Å². The van der Waals surface area contributed by atoms with E-state index in [4.69, 9.17) is 14.7 Å². The third-order valence-corrected chi connectivity index (χ3v) is 5.73. The molecule has 0 unspecified atom stereocenters. The summed E-state index contributed by atoms with van der Waals surface area (Å²) in [7, 11) is 0. The molecule has 1 fully saturated rings. The summed E-state index contributed by atoms with van der Waals surface area (Å²) in [6, 6.07) is 14.0. The fraction of sp³-hybridized carbons (Fsp3) is 0.333. The van der Waals surface area contributed by atoms with Crippen molar-refractivity contribution in [2.45, 2.75) is 38.1 Å². The van der Waals surface area contributed by atoms with Crippen LogP contribution in [-0.2, 0) is 0 Å². The van der Waals surface area contributed by atoms with Crippen molar-refractivity contribution in [2.24, 2.45) is 0 Å². The molecule has 0 radical (unpaired) electrons. The highest BCUT2D eigenvalue weighted by Gasteiger charge is 2.21. The maximum atomic E-state index is 5.81. The smallest absolute Gasteiger partial charge is 0.231 e. The van der Waals surface area contributed by atoms with Crippen LogP contribution >= 0.6 is 0 Å². The van der Waals surface area contributed by atoms with Crippen LogP contribution in [0.15, 0.2) is 61.2 Å². The summed E-state index contributed by atoms with van der Waals surface area (Å²) in [5, 5.41) is 6.69. The van der Waals surface area contributed by atoms with E-state index in [0.717, 1.165) is 35.4 Å². The van der Waals surface area contributed by atoms with Gasteiger partial charge < -0.3 is 19.9 Å². The van der Waals surface area contributed by atoms with Crippen molar-refractivity contribution in [3.63, 3.8) is 0 Å². The molecule has 1 aromatic carbocycles. The van der Waals surface area contributed by atoms with E-state index in [-0.39, 0.29) is 0 Å². The van der Waals surface area contributed by atoms with E-state index in [0.29, 0.717) is 31.0 Å². The Labute approximate surface area is 187 Å². The second-order valence-electron chi connectivity index (χ2n) is 7.96. The minimum absolute atomic E-state index is 0.437. The number of fused-ring (bicyclic) bond motifs is 1. The van der Waals surface area contributed by atoms with Crippen molar-refractivity contribution in [3.8, 4) is 5.75 Å². The Morgan fingerprint density at radius 2 is 1.78 bits per heavy atom. The SMILES string of the molecule is c1ccc(OCCNc2nc(Nc3ccncc3)nc3c2ncn3C2CCCCC2)cc1. The Morgan fingerprint density at radius 3 is 2.59 bits per heavy atom. The van der Waals surface area contributed by atoms with Crippen LogP contribution in [-0.4, -0.2) is 37.7 Å². The second-order valence-corrected chi connectivity index (χ2v) is 7.96. The van der Waals surface area contributed by atoms with E-state index in [1.54, 1.807) is 12.4 Å². The summed E-state index contributed by atoms with van der Waals surface area (Å²) in [5.41, 5.74) is 2.53. The first-order valence-electron chi connectivity index (χ1n) is 11.2. The topological polar surface area (TPSA) is 89.8 Å². The number of benzene rings is 1. The number of para-hydroxylation sites is 1. The summed E-state index contributed by atoms with van der Waals surface area (Å²) < 4.78 is 8.03. The van der Waals surface area contributed by atoms with Crippen LogP contribution in [0, 0.1) is 0 Å². The summed E-state index contributed by atoms with van der Waals surface area (Å²) in [4.78, 5) is 18.3. The summed E-state index contributed by atoms with van der Waals surface area (Å²) in [5.74, 6) is 2.09. The first-order valence-corrected chi connectivity index (χ1v) is 11.2. The average Bonchev–Trinajstić information content (AvgIpc) is 3.28. The molecule has 4 aromatic rings. The number of nitrogens with zero attached hydrogens (tertiary/aromatic N) is 5. The standard InChI is InChI=1S/C24H27N7O/c1-3-7-19(8-4-1)31-17-27-21-22(26-15-16-32-20-9-5-2-6-10-20)29-24(30-23(21)31)28-18-11-13-25-14-12-18/h2,5-6,9-14,17,19H,1,3-4,7-8,15-16H2,(H2,25,26,28,29,30). The van der Waals surface area contributed by atoms with Gasteiger partial charge in [0, 0.05) is 24.1 Å². The second kappa shape index (κ2) is 9.64. The quantitative estimate of drug-likeness (QED) is 0.383. The highest BCUT2D eigenvalue weighted by Crippen LogP contribution is 2.32. The normalized spacial score (nSPS) is 14.4. The van der Waals surface area contributed by atoms with Crippen molar-refractivity contribution in [3.05, 3.63) is 61.2 Å². The van der Waals surface area contributed by atoms with Crippen LogP contribution in [0.3, 0.4) is 0 Å². The van der Waals surface area contributed by atoms with E-state index in [2.05, 4.69) is 25.2 Å². The van der Waals surface area contributed by atoms with Gasteiger partial charge >= 0.3 is 0 Å². The minimum Gasteiger partial charge on any atom is -0.492 e. The number of pyridine rings is 1. The molecule has 1 saturated carbocycles. The van der Waals surface area contributed by atoms with Gasteiger partial charge in [-0.1, -0.05) is 37.5 Å². The average molecular weight is 430 g/mol. The van der Waals surface area contributed by atoms with Gasteiger partial charge in [-0.2, -0.15) is 9.97 Å². The molecule has 0 aliphatic heterocycles. The number of rotatable bonds is 8. The molecule has 8 heteroatoms. The highest BCUT2D eigenvalue weighted by molar-refractivity contribution is 5.84. The first kappa shape index (κ1) is 20.2. The molecule has 0 amide bonds. The molecule has 5 rings (SSSR count). The molecular formula is C24H27N7O. The molecule has 8 nitrogen and oxygen atoms in total. The largest absolute Gasteiger partial charge is 0.492 e. The van der Waals surface area contributed by atoms with Crippen molar-refractivity contribution in [2.75, 3.05) is 23.8 Å². The van der Waals surface area contributed by atoms with Crippen LogP contribution in [0.1, 0.15) is 38.1 Å². The Kier molecular flexibility index (Phi) is 6.09. The molecule has 1 aliphatic rings. The van der Waals surface area contributed by atoms with E-state index in [9.17, 15) is 0 Å². The fourth-order valence-corrected chi connectivity index (χ4v) is 4.14. The summed E-state index contributed by atoms with van der Waals surface area (Å²) >= 11 is 0. The van der Waals surface area contributed by atoms with E-state index in [1.165, 1.54) is 19.3 Å². The molecular weight excluding hydrogens is 402 g/mol. The van der Waals surface area contributed by atoms with Gasteiger partial charge in [-0.25, -0.2) is 4.98 Å². The maximum Gasteiger partial charge on any atom is 0.231 e. The van der Waals surface area contributed by atoms with E-state index < -0.39 is 0 Å². The fourth-order valence-electron chi connectivity index (χ4n) is 4.14. The van der Waals surface area contributed by atoms with Crippen molar-refractivity contribution in [1.82, 2.24) is 24.5 Å². The lowest BCUT2D eigenvalue weighted by atomic mass is 9.95. The van der Waals surface area contributed by atoms with Gasteiger partial charge in [0.25, 0.3) is 0 Å². The lowest BCUT2D eigenvalue weighted by molar-refractivity contribution is 0.333. The molecule has 0 atom stereocenters. The number of anilines is 3. The number of ether oxygens (including phenoxy) is 1. The van der Waals surface area contributed by atoms with Crippen molar-refractivity contribution >= 4 is 28.6 Å². The lowest BCUT2D eigenvalue weighted by Gasteiger charge is -2.23. The number of hydrogen-bond acceptors (Lipinski definition) is 7. The maximum absolute atomic E-state index is 5.81. The van der Waals surface area contributed by atoms with Gasteiger partial charge in [-0.05, 0) is 37.1 Å². The van der Waals surface area contributed by atoms with E-state index in [1.807, 2.05) is 48.8 Å². The summed E-state index contributed by atoms with van der Waals surface area (Å²) in [6.45, 7) is 1.12. The van der Waals surface area contributed by atoms with Crippen molar-refractivity contribution in [1.29, 1.82) is 0 Å². The molecule has 0 bridgehead atoms. The van der Waals surface area contributed by atoms with Crippen LogP contribution in [0.2, 0.25) is 0 Å². The minimum atomic E-state index is 0.437. The Morgan fingerprint density at radius 1 is 0.969 bits per heavy atom. The lowest BCUT2D eigenvalue weighted by Crippen LogP contribution is -2.15. The molecule has 2 N–H and O–H groups in total. The number of nitrogens with one attached hydrogen (secondary N) is 2. The van der Waals surface area contributed by atoms with Crippen LogP contribution in [0.25, 0.3) is 11.2 Å². The van der Waals surface area contributed by atoms with E-state index >= 15 is 0 Å². The third-order valence-electron chi connectivity index (χ3n) is 5.73. The zero-order valence-electron chi connectivity index (χ0n) is 17.9. The Hall–Kier alpha value is -3.68. The van der Waals surface area contributed by atoms with Gasteiger partial charge in [0.2, 0.25) is 5.95 Å². The molecule has 164 valence electrons. The molecule has 0 saturated heterocycles. The number of imidazole rings is 1. The van der Waals surface area contributed by atoms with Crippen LogP contribution in [0.4, 0.5) is 17.5 Å². The molecule has 1 aliphatic carbocycles. The first-order chi connectivity index (χ1) is 15.9. The number of hydrogen-bond donors (Lipinski definition) is 2. The zero-order valence-corrected chi connectivity index (χ0v) is 17.9. The zero-order chi connectivity index (χ0) is 21.6. The molecule has 0 spiro atoms. The highest BCUT2D eigenvalue weighted by atomic mass is 16.5. The molecule has 3 aromatic heterocycles. The van der Waals surface area contributed by atoms with Gasteiger partial charge in [-0.15, -0.1) is 0 Å².